The number of carbonyl (C=O) groups is 1. The third-order valence-electron chi connectivity index (χ3n) is 3.28. The minimum atomic E-state index is 0.194. The van der Waals surface area contributed by atoms with Gasteiger partial charge in [-0.25, -0.2) is 4.98 Å². The van der Waals surface area contributed by atoms with E-state index < -0.39 is 0 Å². The smallest absolute Gasteiger partial charge is 0.182 e. The lowest BCUT2D eigenvalue weighted by Crippen LogP contribution is -2.08. The fourth-order valence-corrected chi connectivity index (χ4v) is 3.43. The highest BCUT2D eigenvalue weighted by Crippen LogP contribution is 2.32. The summed E-state index contributed by atoms with van der Waals surface area (Å²) in [5.41, 5.74) is 2.92. The van der Waals surface area contributed by atoms with E-state index in [1.165, 1.54) is 0 Å². The van der Waals surface area contributed by atoms with Gasteiger partial charge in [-0.3, -0.25) is 4.79 Å². The summed E-state index contributed by atoms with van der Waals surface area (Å²) < 4.78 is 5.10. The van der Waals surface area contributed by atoms with Gasteiger partial charge in [-0.05, 0) is 18.4 Å². The molecule has 0 radical (unpaired) electrons. The van der Waals surface area contributed by atoms with Crippen LogP contribution in [0.3, 0.4) is 0 Å². The first kappa shape index (κ1) is 12.5. The highest BCUT2D eigenvalue weighted by atomic mass is 32.1. The summed E-state index contributed by atoms with van der Waals surface area (Å²) in [5.74, 6) is 0.194. The summed E-state index contributed by atoms with van der Waals surface area (Å²) in [6, 6.07) is 8.17. The molecule has 0 unspecified atom stereocenters. The summed E-state index contributed by atoms with van der Waals surface area (Å²) >= 11 is 1.65. The van der Waals surface area contributed by atoms with E-state index in [1.54, 1.807) is 18.4 Å². The molecule has 0 aliphatic heterocycles. The number of ether oxygens (including phenoxy) is 1. The molecule has 0 spiro atoms. The second-order valence-corrected chi connectivity index (χ2v) is 5.78. The highest BCUT2D eigenvalue weighted by Gasteiger charge is 2.22. The van der Waals surface area contributed by atoms with Crippen LogP contribution in [0.4, 0.5) is 0 Å². The first-order valence-electron chi connectivity index (χ1n) is 6.39. The fraction of sp³-hybridized carbons (Fsp3) is 0.333. The molecular formula is C15H15NO2S. The Bertz CT molecular complexity index is 601. The Kier molecular flexibility index (Phi) is 3.44. The van der Waals surface area contributed by atoms with Crippen molar-refractivity contribution >= 4 is 17.1 Å². The average molecular weight is 273 g/mol. The topological polar surface area (TPSA) is 39.2 Å². The van der Waals surface area contributed by atoms with Crippen molar-refractivity contribution in [2.45, 2.75) is 25.9 Å². The van der Waals surface area contributed by atoms with E-state index in [-0.39, 0.29) is 5.78 Å². The Labute approximate surface area is 116 Å². The van der Waals surface area contributed by atoms with Crippen molar-refractivity contribution in [3.8, 4) is 10.6 Å². The van der Waals surface area contributed by atoms with Crippen LogP contribution in [0.5, 0.6) is 0 Å². The number of methoxy groups -OCH3 is 1. The number of carbonyl (C=O) groups excluding carboxylic acids is 1. The maximum atomic E-state index is 11.8. The van der Waals surface area contributed by atoms with Crippen molar-refractivity contribution in [3.63, 3.8) is 0 Å². The zero-order valence-electron chi connectivity index (χ0n) is 10.8. The second kappa shape index (κ2) is 5.23. The van der Waals surface area contributed by atoms with Crippen LogP contribution in [0.1, 0.15) is 33.8 Å². The summed E-state index contributed by atoms with van der Waals surface area (Å²) in [5, 5.41) is 0.948. The first-order valence-corrected chi connectivity index (χ1v) is 7.21. The van der Waals surface area contributed by atoms with E-state index in [0.29, 0.717) is 18.7 Å². The van der Waals surface area contributed by atoms with Crippen LogP contribution >= 0.6 is 11.3 Å². The zero-order chi connectivity index (χ0) is 13.2. The monoisotopic (exact) mass is 273 g/mol. The molecule has 0 fully saturated rings. The largest absolute Gasteiger partial charge is 0.380 e. The number of fused-ring (bicyclic) bond motifs is 1. The predicted molar refractivity (Wildman–Crippen MR) is 75.5 cm³/mol. The number of benzene rings is 1. The summed E-state index contributed by atoms with van der Waals surface area (Å²) in [7, 11) is 1.69. The molecule has 3 rings (SSSR count). The third-order valence-corrected chi connectivity index (χ3v) is 4.45. The third kappa shape index (κ3) is 2.46. The molecule has 1 heterocycles. The van der Waals surface area contributed by atoms with Crippen molar-refractivity contribution in [1.29, 1.82) is 0 Å². The average Bonchev–Trinajstić information content (AvgIpc) is 2.85. The van der Waals surface area contributed by atoms with Crippen molar-refractivity contribution in [2.24, 2.45) is 0 Å². The van der Waals surface area contributed by atoms with Crippen molar-refractivity contribution in [1.82, 2.24) is 4.98 Å². The van der Waals surface area contributed by atoms with Gasteiger partial charge in [0.25, 0.3) is 0 Å². The SMILES string of the molecule is COCc1ccc(-c2nc3c(s2)CCCC3=O)cc1. The number of nitrogens with zero attached hydrogens (tertiary/aromatic N) is 1. The van der Waals surface area contributed by atoms with Gasteiger partial charge in [0.1, 0.15) is 10.7 Å². The van der Waals surface area contributed by atoms with Crippen LogP contribution in [0.2, 0.25) is 0 Å². The molecule has 0 atom stereocenters. The van der Waals surface area contributed by atoms with E-state index >= 15 is 0 Å². The number of thiazole rings is 1. The number of aryl methyl sites for hydroxylation is 1. The zero-order valence-corrected chi connectivity index (χ0v) is 11.6. The van der Waals surface area contributed by atoms with Gasteiger partial charge in [0.2, 0.25) is 0 Å². The minimum Gasteiger partial charge on any atom is -0.380 e. The van der Waals surface area contributed by atoms with E-state index in [4.69, 9.17) is 4.74 Å². The molecule has 1 aromatic heterocycles. The molecule has 1 aromatic carbocycles. The number of aromatic nitrogens is 1. The van der Waals surface area contributed by atoms with Crippen molar-refractivity contribution in [3.05, 3.63) is 40.4 Å². The van der Waals surface area contributed by atoms with Gasteiger partial charge in [-0.2, -0.15) is 0 Å². The van der Waals surface area contributed by atoms with Crippen LogP contribution in [-0.2, 0) is 17.8 Å². The number of rotatable bonds is 3. The minimum absolute atomic E-state index is 0.194. The standard InChI is InChI=1S/C15H15NO2S/c1-18-9-10-5-7-11(8-6-10)15-16-14-12(17)3-2-4-13(14)19-15/h5-8H,2-4,9H2,1H3. The number of hydrogen-bond donors (Lipinski definition) is 0. The van der Waals surface area contributed by atoms with Gasteiger partial charge >= 0.3 is 0 Å². The molecular weight excluding hydrogens is 258 g/mol. The van der Waals surface area contributed by atoms with E-state index in [9.17, 15) is 4.79 Å². The van der Waals surface area contributed by atoms with Crippen LogP contribution in [0, 0.1) is 0 Å². The van der Waals surface area contributed by atoms with Gasteiger partial charge < -0.3 is 4.74 Å². The fourth-order valence-electron chi connectivity index (χ4n) is 2.30. The van der Waals surface area contributed by atoms with Crippen LogP contribution < -0.4 is 0 Å². The lowest BCUT2D eigenvalue weighted by molar-refractivity contribution is 0.0968. The van der Waals surface area contributed by atoms with Gasteiger partial charge in [0, 0.05) is 24.0 Å². The van der Waals surface area contributed by atoms with Gasteiger partial charge in [0.15, 0.2) is 5.78 Å². The normalized spacial score (nSPS) is 14.5. The lowest BCUT2D eigenvalue weighted by atomic mass is 10.0. The number of Topliss-reactive ketones (excluding diaryl/α,β-unsaturated/α-hetero) is 1. The molecule has 3 nitrogen and oxygen atoms in total. The molecule has 0 saturated carbocycles. The maximum Gasteiger partial charge on any atom is 0.182 e. The molecule has 0 amide bonds. The molecule has 1 aliphatic rings. The molecule has 98 valence electrons. The maximum absolute atomic E-state index is 11.8. The molecule has 2 aromatic rings. The quantitative estimate of drug-likeness (QED) is 0.859. The Balaban J connectivity index is 1.92. The Morgan fingerprint density at radius 1 is 1.26 bits per heavy atom. The first-order chi connectivity index (χ1) is 9.28. The highest BCUT2D eigenvalue weighted by molar-refractivity contribution is 7.15. The molecule has 0 bridgehead atoms. The Morgan fingerprint density at radius 2 is 2.05 bits per heavy atom. The van der Waals surface area contributed by atoms with Gasteiger partial charge in [0.05, 0.1) is 6.61 Å². The number of ketones is 1. The van der Waals surface area contributed by atoms with Gasteiger partial charge in [-0.15, -0.1) is 11.3 Å². The van der Waals surface area contributed by atoms with Crippen LogP contribution in [-0.4, -0.2) is 17.9 Å². The summed E-state index contributed by atoms with van der Waals surface area (Å²) in [4.78, 5) is 17.5. The van der Waals surface area contributed by atoms with Crippen molar-refractivity contribution < 1.29 is 9.53 Å². The molecule has 0 N–H and O–H groups in total. The Hall–Kier alpha value is -1.52. The van der Waals surface area contributed by atoms with E-state index in [1.807, 2.05) is 24.3 Å². The van der Waals surface area contributed by atoms with Crippen molar-refractivity contribution in [2.75, 3.05) is 7.11 Å². The summed E-state index contributed by atoms with van der Waals surface area (Å²) in [6.07, 6.45) is 2.59. The van der Waals surface area contributed by atoms with E-state index in [2.05, 4.69) is 4.98 Å². The molecule has 1 aliphatic carbocycles. The second-order valence-electron chi connectivity index (χ2n) is 4.70. The summed E-state index contributed by atoms with van der Waals surface area (Å²) in [6.45, 7) is 0.618. The lowest BCUT2D eigenvalue weighted by Gasteiger charge is -2.06. The van der Waals surface area contributed by atoms with Gasteiger partial charge in [-0.1, -0.05) is 24.3 Å². The predicted octanol–water partition coefficient (Wildman–Crippen LogP) is 3.48. The Morgan fingerprint density at radius 3 is 2.74 bits per heavy atom. The molecule has 0 saturated heterocycles. The molecule has 4 heteroatoms. The van der Waals surface area contributed by atoms with Crippen LogP contribution in [0.25, 0.3) is 10.6 Å². The van der Waals surface area contributed by atoms with Crippen LogP contribution in [0.15, 0.2) is 24.3 Å². The number of hydrogen-bond acceptors (Lipinski definition) is 4. The van der Waals surface area contributed by atoms with E-state index in [0.717, 1.165) is 33.9 Å². The molecule has 19 heavy (non-hydrogen) atoms.